The summed E-state index contributed by atoms with van der Waals surface area (Å²) in [7, 11) is 0. The first kappa shape index (κ1) is 11.9. The lowest BCUT2D eigenvalue weighted by Crippen LogP contribution is -2.19. The minimum Gasteiger partial charge on any atom is -0.382 e. The molecule has 1 aliphatic heterocycles. The minimum atomic E-state index is 0.0964. The van der Waals surface area contributed by atoms with Gasteiger partial charge >= 0.3 is 0 Å². The van der Waals surface area contributed by atoms with E-state index >= 15 is 0 Å². The van der Waals surface area contributed by atoms with Crippen molar-refractivity contribution in [3.63, 3.8) is 0 Å². The Morgan fingerprint density at radius 1 is 1.39 bits per heavy atom. The number of thioether (sulfide) groups is 1. The van der Waals surface area contributed by atoms with Crippen LogP contribution in [0.25, 0.3) is 0 Å². The molecule has 1 fully saturated rings. The van der Waals surface area contributed by atoms with Crippen LogP contribution < -0.4 is 10.6 Å². The van der Waals surface area contributed by atoms with E-state index in [1.165, 1.54) is 24.2 Å². The molecule has 1 saturated carbocycles. The van der Waals surface area contributed by atoms with Crippen LogP contribution in [-0.4, -0.2) is 17.7 Å². The fraction of sp³-hybridized carbons (Fsp3) is 0.500. The third kappa shape index (κ3) is 2.48. The van der Waals surface area contributed by atoms with Crippen LogP contribution in [-0.2, 0) is 4.79 Å². The highest BCUT2D eigenvalue weighted by Gasteiger charge is 2.21. The summed E-state index contributed by atoms with van der Waals surface area (Å²) in [6.45, 7) is 2.31. The van der Waals surface area contributed by atoms with Gasteiger partial charge in [0.2, 0.25) is 5.91 Å². The van der Waals surface area contributed by atoms with Gasteiger partial charge in [-0.3, -0.25) is 4.79 Å². The van der Waals surface area contributed by atoms with Crippen molar-refractivity contribution in [2.24, 2.45) is 5.92 Å². The summed E-state index contributed by atoms with van der Waals surface area (Å²) >= 11 is 1.61. The van der Waals surface area contributed by atoms with Crippen LogP contribution in [0.1, 0.15) is 26.2 Å². The van der Waals surface area contributed by atoms with Crippen molar-refractivity contribution >= 4 is 29.0 Å². The largest absolute Gasteiger partial charge is 0.382 e. The highest BCUT2D eigenvalue weighted by Crippen LogP contribution is 2.34. The molecule has 4 heteroatoms. The zero-order chi connectivity index (χ0) is 12.5. The number of anilines is 2. The number of hydrogen-bond acceptors (Lipinski definition) is 3. The monoisotopic (exact) mass is 262 g/mol. The van der Waals surface area contributed by atoms with E-state index in [1.54, 1.807) is 11.8 Å². The van der Waals surface area contributed by atoms with E-state index in [2.05, 4.69) is 35.8 Å². The second-order valence-electron chi connectivity index (χ2n) is 5.31. The van der Waals surface area contributed by atoms with E-state index in [0.29, 0.717) is 11.8 Å². The molecule has 0 aromatic heterocycles. The molecule has 1 aliphatic carbocycles. The van der Waals surface area contributed by atoms with Gasteiger partial charge in [-0.1, -0.05) is 6.92 Å². The summed E-state index contributed by atoms with van der Waals surface area (Å²) in [6.07, 6.45) is 3.81. The average Bonchev–Trinajstić information content (AvgIpc) is 2.74. The first-order valence-corrected chi connectivity index (χ1v) is 7.52. The van der Waals surface area contributed by atoms with Gasteiger partial charge in [0.1, 0.15) is 0 Å². The number of hydrogen-bond donors (Lipinski definition) is 2. The molecule has 2 unspecified atom stereocenters. The Hall–Kier alpha value is -1.16. The van der Waals surface area contributed by atoms with Crippen molar-refractivity contribution in [3.05, 3.63) is 18.2 Å². The Bertz CT molecular complexity index is 475. The average molecular weight is 262 g/mol. The van der Waals surface area contributed by atoms with Gasteiger partial charge in [0, 0.05) is 16.6 Å². The Morgan fingerprint density at radius 3 is 3.06 bits per heavy atom. The van der Waals surface area contributed by atoms with Crippen LogP contribution in [0.4, 0.5) is 11.4 Å². The summed E-state index contributed by atoms with van der Waals surface area (Å²) < 4.78 is 0. The van der Waals surface area contributed by atoms with Crippen molar-refractivity contribution in [2.75, 3.05) is 16.4 Å². The maximum absolute atomic E-state index is 11.4. The number of rotatable bonds is 2. The summed E-state index contributed by atoms with van der Waals surface area (Å²) in [4.78, 5) is 12.5. The predicted octanol–water partition coefficient (Wildman–Crippen LogP) is 3.33. The molecule has 1 heterocycles. The zero-order valence-electron chi connectivity index (χ0n) is 10.5. The van der Waals surface area contributed by atoms with Gasteiger partial charge in [-0.05, 0) is 43.4 Å². The smallest absolute Gasteiger partial charge is 0.234 e. The molecular weight excluding hydrogens is 244 g/mol. The Morgan fingerprint density at radius 2 is 2.28 bits per heavy atom. The molecule has 3 nitrogen and oxygen atoms in total. The number of carbonyl (C=O) groups is 1. The van der Waals surface area contributed by atoms with Crippen LogP contribution in [0.3, 0.4) is 0 Å². The highest BCUT2D eigenvalue weighted by atomic mass is 32.2. The quantitative estimate of drug-likeness (QED) is 0.859. The number of benzene rings is 1. The van der Waals surface area contributed by atoms with Gasteiger partial charge in [0.05, 0.1) is 11.4 Å². The van der Waals surface area contributed by atoms with Gasteiger partial charge < -0.3 is 10.6 Å². The molecule has 1 amide bonds. The lowest BCUT2D eigenvalue weighted by atomic mass is 10.1. The van der Waals surface area contributed by atoms with Crippen LogP contribution in [0.2, 0.25) is 0 Å². The van der Waals surface area contributed by atoms with Crippen molar-refractivity contribution in [1.29, 1.82) is 0 Å². The molecule has 0 spiro atoms. The molecule has 96 valence electrons. The Balaban J connectivity index is 1.73. The molecule has 0 saturated heterocycles. The first-order valence-electron chi connectivity index (χ1n) is 6.54. The molecule has 1 aromatic carbocycles. The predicted molar refractivity (Wildman–Crippen MR) is 76.2 cm³/mol. The summed E-state index contributed by atoms with van der Waals surface area (Å²) in [5.41, 5.74) is 2.07. The maximum Gasteiger partial charge on any atom is 0.234 e. The minimum absolute atomic E-state index is 0.0964. The molecule has 0 bridgehead atoms. The standard InChI is InChI=1S/C14H18N2OS/c1-9-2-3-10(6-9)15-11-4-5-13-12(7-11)16-14(17)8-18-13/h4-5,7,9-10,15H,2-3,6,8H2,1H3,(H,16,17). The van der Waals surface area contributed by atoms with E-state index in [1.807, 2.05) is 0 Å². The fourth-order valence-electron chi connectivity index (χ4n) is 2.75. The van der Waals surface area contributed by atoms with Crippen molar-refractivity contribution < 1.29 is 4.79 Å². The van der Waals surface area contributed by atoms with E-state index < -0.39 is 0 Å². The van der Waals surface area contributed by atoms with E-state index in [9.17, 15) is 4.79 Å². The number of carbonyl (C=O) groups excluding carboxylic acids is 1. The molecule has 1 aromatic rings. The molecule has 18 heavy (non-hydrogen) atoms. The van der Waals surface area contributed by atoms with E-state index in [4.69, 9.17) is 0 Å². The van der Waals surface area contributed by atoms with Crippen molar-refractivity contribution in [2.45, 2.75) is 37.1 Å². The topological polar surface area (TPSA) is 41.1 Å². The lowest BCUT2D eigenvalue weighted by molar-refractivity contribution is -0.113. The summed E-state index contributed by atoms with van der Waals surface area (Å²) in [5, 5.41) is 6.51. The molecular formula is C14H18N2OS. The fourth-order valence-corrected chi connectivity index (χ4v) is 3.54. The second kappa shape index (κ2) is 4.84. The third-order valence-electron chi connectivity index (χ3n) is 3.68. The van der Waals surface area contributed by atoms with Crippen LogP contribution in [0.5, 0.6) is 0 Å². The van der Waals surface area contributed by atoms with Gasteiger partial charge in [0.25, 0.3) is 0 Å². The summed E-state index contributed by atoms with van der Waals surface area (Å²) in [5.74, 6) is 1.45. The third-order valence-corrected chi connectivity index (χ3v) is 4.75. The molecule has 0 radical (unpaired) electrons. The van der Waals surface area contributed by atoms with E-state index in [0.717, 1.165) is 17.3 Å². The van der Waals surface area contributed by atoms with E-state index in [-0.39, 0.29) is 5.91 Å². The molecule has 2 N–H and O–H groups in total. The maximum atomic E-state index is 11.4. The van der Waals surface area contributed by atoms with Gasteiger partial charge in [-0.15, -0.1) is 11.8 Å². The van der Waals surface area contributed by atoms with Gasteiger partial charge in [0.15, 0.2) is 0 Å². The van der Waals surface area contributed by atoms with Crippen molar-refractivity contribution in [3.8, 4) is 0 Å². The van der Waals surface area contributed by atoms with Crippen LogP contribution in [0, 0.1) is 5.92 Å². The van der Waals surface area contributed by atoms with Gasteiger partial charge in [-0.2, -0.15) is 0 Å². The van der Waals surface area contributed by atoms with Crippen LogP contribution in [0.15, 0.2) is 23.1 Å². The SMILES string of the molecule is CC1CCC(Nc2ccc3c(c2)NC(=O)CS3)C1. The first-order chi connectivity index (χ1) is 8.70. The molecule has 2 aliphatic rings. The molecule has 3 rings (SSSR count). The Kier molecular flexibility index (Phi) is 3.20. The lowest BCUT2D eigenvalue weighted by Gasteiger charge is -2.19. The zero-order valence-corrected chi connectivity index (χ0v) is 11.3. The number of nitrogens with one attached hydrogen (secondary N) is 2. The molecule has 2 atom stereocenters. The van der Waals surface area contributed by atoms with Crippen molar-refractivity contribution in [1.82, 2.24) is 0 Å². The van der Waals surface area contributed by atoms with Crippen LogP contribution >= 0.6 is 11.8 Å². The second-order valence-corrected chi connectivity index (χ2v) is 6.32. The Labute approximate surface area is 112 Å². The number of amides is 1. The summed E-state index contributed by atoms with van der Waals surface area (Å²) in [6, 6.07) is 6.86. The normalized spacial score (nSPS) is 26.6. The highest BCUT2D eigenvalue weighted by molar-refractivity contribution is 8.00. The van der Waals surface area contributed by atoms with Gasteiger partial charge in [-0.25, -0.2) is 0 Å². The number of fused-ring (bicyclic) bond motifs is 1.